The molecule has 2 heterocycles. The van der Waals surface area contributed by atoms with Gasteiger partial charge in [-0.3, -0.25) is 4.79 Å². The minimum Gasteiger partial charge on any atom is -0.352 e. The lowest BCUT2D eigenvalue weighted by Crippen LogP contribution is -2.55. The van der Waals surface area contributed by atoms with Crippen molar-refractivity contribution in [3.05, 3.63) is 0 Å². The topological polar surface area (TPSA) is 61.6 Å². The summed E-state index contributed by atoms with van der Waals surface area (Å²) in [4.78, 5) is 17.3. The molecule has 3 N–H and O–H groups in total. The van der Waals surface area contributed by atoms with Gasteiger partial charge in [0.15, 0.2) is 0 Å². The summed E-state index contributed by atoms with van der Waals surface area (Å²) < 4.78 is 0. The summed E-state index contributed by atoms with van der Waals surface area (Å²) in [5.41, 5.74) is 5.86. The smallest absolute Gasteiger partial charge is 0.237 e. The summed E-state index contributed by atoms with van der Waals surface area (Å²) in [6.07, 6.45) is 4.66. The molecule has 0 aromatic carbocycles. The van der Waals surface area contributed by atoms with Gasteiger partial charge in [0.1, 0.15) is 0 Å². The standard InChI is InChI=1S/C17H34N4O/c1-17(2,3)15(18)16(22)19-13-5-11-21(12-6-13)14-7-9-20(4)10-8-14/h13-15H,5-12,18H2,1-4H3,(H,19,22)/t15-/m1/s1. The number of hydrogen-bond donors (Lipinski definition) is 2. The number of likely N-dealkylation sites (tertiary alicyclic amines) is 2. The van der Waals surface area contributed by atoms with Crippen LogP contribution in [0.3, 0.4) is 0 Å². The van der Waals surface area contributed by atoms with Crippen LogP contribution in [0.4, 0.5) is 0 Å². The molecule has 22 heavy (non-hydrogen) atoms. The molecule has 2 saturated heterocycles. The molecular weight excluding hydrogens is 276 g/mol. The number of amides is 1. The third-order valence-electron chi connectivity index (χ3n) is 5.30. The van der Waals surface area contributed by atoms with Crippen LogP contribution in [0.15, 0.2) is 0 Å². The molecule has 128 valence electrons. The zero-order chi connectivity index (χ0) is 16.3. The number of carbonyl (C=O) groups is 1. The molecule has 0 spiro atoms. The average molecular weight is 310 g/mol. The monoisotopic (exact) mass is 310 g/mol. The predicted molar refractivity (Wildman–Crippen MR) is 90.7 cm³/mol. The molecule has 5 nitrogen and oxygen atoms in total. The lowest BCUT2D eigenvalue weighted by molar-refractivity contribution is -0.125. The summed E-state index contributed by atoms with van der Waals surface area (Å²) in [6, 6.07) is 0.604. The third-order valence-corrected chi connectivity index (χ3v) is 5.30. The lowest BCUT2D eigenvalue weighted by Gasteiger charge is -2.41. The van der Waals surface area contributed by atoms with E-state index in [0.29, 0.717) is 6.04 Å². The van der Waals surface area contributed by atoms with Crippen molar-refractivity contribution in [1.82, 2.24) is 15.1 Å². The van der Waals surface area contributed by atoms with Crippen molar-refractivity contribution in [2.24, 2.45) is 11.1 Å². The van der Waals surface area contributed by atoms with Crippen LogP contribution in [-0.4, -0.2) is 67.1 Å². The molecule has 0 unspecified atom stereocenters. The first-order valence-electron chi connectivity index (χ1n) is 8.76. The number of carbonyl (C=O) groups excluding carboxylic acids is 1. The van der Waals surface area contributed by atoms with Crippen LogP contribution in [0.2, 0.25) is 0 Å². The minimum atomic E-state index is -0.431. The Hall–Kier alpha value is -0.650. The Labute approximate surface area is 135 Å². The summed E-state index contributed by atoms with van der Waals surface area (Å²) in [6.45, 7) is 10.7. The van der Waals surface area contributed by atoms with Crippen LogP contribution in [0.1, 0.15) is 46.5 Å². The van der Waals surface area contributed by atoms with Gasteiger partial charge in [-0.05, 0) is 51.2 Å². The van der Waals surface area contributed by atoms with Crippen molar-refractivity contribution < 1.29 is 4.79 Å². The quantitative estimate of drug-likeness (QED) is 0.817. The van der Waals surface area contributed by atoms with Gasteiger partial charge >= 0.3 is 0 Å². The number of rotatable bonds is 3. The van der Waals surface area contributed by atoms with Gasteiger partial charge in [-0.1, -0.05) is 20.8 Å². The van der Waals surface area contributed by atoms with Crippen LogP contribution < -0.4 is 11.1 Å². The van der Waals surface area contributed by atoms with E-state index in [1.165, 1.54) is 25.9 Å². The normalized spacial score (nSPS) is 25.1. The molecule has 2 aliphatic heterocycles. The summed E-state index contributed by atoms with van der Waals surface area (Å²) >= 11 is 0. The Kier molecular flexibility index (Phi) is 5.86. The molecular formula is C17H34N4O. The van der Waals surface area contributed by atoms with E-state index in [1.807, 2.05) is 20.8 Å². The van der Waals surface area contributed by atoms with E-state index in [0.717, 1.165) is 32.0 Å². The van der Waals surface area contributed by atoms with E-state index < -0.39 is 6.04 Å². The Morgan fingerprint density at radius 2 is 1.64 bits per heavy atom. The maximum atomic E-state index is 12.2. The van der Waals surface area contributed by atoms with Gasteiger partial charge in [-0.15, -0.1) is 0 Å². The first-order valence-corrected chi connectivity index (χ1v) is 8.76. The van der Waals surface area contributed by atoms with E-state index in [4.69, 9.17) is 5.73 Å². The van der Waals surface area contributed by atoms with Gasteiger partial charge in [-0.25, -0.2) is 0 Å². The molecule has 1 atom stereocenters. The highest BCUT2D eigenvalue weighted by molar-refractivity contribution is 5.82. The molecule has 0 aromatic heterocycles. The number of nitrogens with two attached hydrogens (primary N) is 1. The molecule has 1 amide bonds. The van der Waals surface area contributed by atoms with E-state index in [9.17, 15) is 4.79 Å². The fourth-order valence-corrected chi connectivity index (χ4v) is 3.45. The maximum Gasteiger partial charge on any atom is 0.237 e. The zero-order valence-corrected chi connectivity index (χ0v) is 14.8. The van der Waals surface area contributed by atoms with E-state index >= 15 is 0 Å². The molecule has 0 bridgehead atoms. The first-order chi connectivity index (χ1) is 10.3. The van der Waals surface area contributed by atoms with Crippen LogP contribution in [0, 0.1) is 5.41 Å². The molecule has 5 heteroatoms. The van der Waals surface area contributed by atoms with Crippen molar-refractivity contribution >= 4 is 5.91 Å². The SMILES string of the molecule is CN1CCC(N2CCC(NC(=O)[C@@H](N)C(C)(C)C)CC2)CC1. The number of piperidine rings is 2. The van der Waals surface area contributed by atoms with Crippen LogP contribution in [-0.2, 0) is 4.79 Å². The molecule has 0 aliphatic carbocycles. The molecule has 2 aliphatic rings. The predicted octanol–water partition coefficient (Wildman–Crippen LogP) is 1.03. The maximum absolute atomic E-state index is 12.2. The second-order valence-corrected chi connectivity index (χ2v) is 8.20. The van der Waals surface area contributed by atoms with Crippen LogP contribution >= 0.6 is 0 Å². The second kappa shape index (κ2) is 7.28. The van der Waals surface area contributed by atoms with Gasteiger partial charge < -0.3 is 20.9 Å². The van der Waals surface area contributed by atoms with E-state index in [2.05, 4.69) is 22.2 Å². The van der Waals surface area contributed by atoms with Crippen molar-refractivity contribution in [2.75, 3.05) is 33.2 Å². The Morgan fingerprint density at radius 3 is 2.14 bits per heavy atom. The van der Waals surface area contributed by atoms with Crippen molar-refractivity contribution in [2.45, 2.75) is 64.6 Å². The largest absolute Gasteiger partial charge is 0.352 e. The van der Waals surface area contributed by atoms with Gasteiger partial charge in [0.25, 0.3) is 0 Å². The molecule has 0 radical (unpaired) electrons. The Balaban J connectivity index is 1.74. The van der Waals surface area contributed by atoms with Gasteiger partial charge in [0, 0.05) is 25.2 Å². The minimum absolute atomic E-state index is 0.00485. The van der Waals surface area contributed by atoms with E-state index in [1.54, 1.807) is 0 Å². The highest BCUT2D eigenvalue weighted by atomic mass is 16.2. The Morgan fingerprint density at radius 1 is 1.09 bits per heavy atom. The van der Waals surface area contributed by atoms with Crippen molar-refractivity contribution in [3.8, 4) is 0 Å². The highest BCUT2D eigenvalue weighted by Gasteiger charge is 2.31. The Bertz CT molecular complexity index is 363. The van der Waals surface area contributed by atoms with E-state index in [-0.39, 0.29) is 11.3 Å². The number of nitrogens with zero attached hydrogens (tertiary/aromatic N) is 2. The number of hydrogen-bond acceptors (Lipinski definition) is 4. The molecule has 0 aromatic rings. The highest BCUT2D eigenvalue weighted by Crippen LogP contribution is 2.21. The number of nitrogens with one attached hydrogen (secondary N) is 1. The summed E-state index contributed by atoms with van der Waals surface area (Å²) in [5, 5.41) is 3.16. The van der Waals surface area contributed by atoms with Gasteiger partial charge in [0.2, 0.25) is 5.91 Å². The molecule has 2 rings (SSSR count). The van der Waals surface area contributed by atoms with Crippen molar-refractivity contribution in [1.29, 1.82) is 0 Å². The third kappa shape index (κ3) is 4.67. The van der Waals surface area contributed by atoms with Crippen molar-refractivity contribution in [3.63, 3.8) is 0 Å². The lowest BCUT2D eigenvalue weighted by atomic mass is 9.86. The van der Waals surface area contributed by atoms with Crippen LogP contribution in [0.25, 0.3) is 0 Å². The fraction of sp³-hybridized carbons (Fsp3) is 0.941. The fourth-order valence-electron chi connectivity index (χ4n) is 3.45. The summed E-state index contributed by atoms with van der Waals surface area (Å²) in [5.74, 6) is 0.00485. The first kappa shape index (κ1) is 17.7. The zero-order valence-electron chi connectivity index (χ0n) is 14.8. The van der Waals surface area contributed by atoms with Gasteiger partial charge in [-0.2, -0.15) is 0 Å². The summed E-state index contributed by atoms with van der Waals surface area (Å²) in [7, 11) is 2.20. The molecule has 0 saturated carbocycles. The van der Waals surface area contributed by atoms with Gasteiger partial charge in [0.05, 0.1) is 6.04 Å². The second-order valence-electron chi connectivity index (χ2n) is 8.20. The molecule has 2 fully saturated rings. The average Bonchev–Trinajstić information content (AvgIpc) is 2.47. The van der Waals surface area contributed by atoms with Crippen LogP contribution in [0.5, 0.6) is 0 Å².